The van der Waals surface area contributed by atoms with Gasteiger partial charge in [0.15, 0.2) is 0 Å². The van der Waals surface area contributed by atoms with Gasteiger partial charge in [0.2, 0.25) is 10.0 Å². The molecule has 1 amide bonds. The largest absolute Gasteiger partial charge is 0.495 e. The Labute approximate surface area is 148 Å². The first-order valence-electron chi connectivity index (χ1n) is 7.91. The number of likely N-dealkylation sites (tertiary alicyclic amines) is 1. The van der Waals surface area contributed by atoms with E-state index < -0.39 is 10.0 Å². The van der Waals surface area contributed by atoms with Crippen LogP contribution in [0.5, 0.6) is 5.75 Å². The van der Waals surface area contributed by atoms with E-state index in [0.717, 1.165) is 25.5 Å². The fraction of sp³-hybridized carbons (Fsp3) is 0.562. The van der Waals surface area contributed by atoms with Gasteiger partial charge in [-0.15, -0.1) is 0 Å². The molecule has 1 unspecified atom stereocenters. The average molecular weight is 375 g/mol. The second-order valence-corrected chi connectivity index (χ2v) is 8.19. The van der Waals surface area contributed by atoms with Crippen LogP contribution in [0.2, 0.25) is 5.02 Å². The number of rotatable bonds is 6. The topological polar surface area (TPSA) is 75.7 Å². The van der Waals surface area contributed by atoms with Crippen LogP contribution in [0.15, 0.2) is 18.2 Å². The highest BCUT2D eigenvalue weighted by Gasteiger charge is 2.27. The molecule has 1 saturated heterocycles. The molecule has 1 aliphatic rings. The molecule has 1 fully saturated rings. The van der Waals surface area contributed by atoms with Crippen LogP contribution in [0, 0.1) is 0 Å². The van der Waals surface area contributed by atoms with Crippen molar-refractivity contribution >= 4 is 27.5 Å². The molecule has 1 heterocycles. The molecule has 1 aromatic rings. The Kier molecular flexibility index (Phi) is 6.48. The fourth-order valence-electron chi connectivity index (χ4n) is 2.94. The van der Waals surface area contributed by atoms with Crippen molar-refractivity contribution in [1.82, 2.24) is 9.62 Å². The Bertz CT molecular complexity index is 693. The molecule has 0 saturated carbocycles. The molecule has 1 N–H and O–H groups in total. The predicted octanol–water partition coefficient (Wildman–Crippen LogP) is 2.28. The first-order chi connectivity index (χ1) is 11.3. The van der Waals surface area contributed by atoms with Crippen LogP contribution >= 0.6 is 11.6 Å². The van der Waals surface area contributed by atoms with E-state index >= 15 is 0 Å². The SMILES string of the molecule is COc1cc(C(=O)N2CCCCC2CCNS(C)(=O)=O)ccc1Cl. The first-order valence-corrected chi connectivity index (χ1v) is 10.2. The van der Waals surface area contributed by atoms with E-state index in [4.69, 9.17) is 16.3 Å². The molecule has 24 heavy (non-hydrogen) atoms. The molecule has 1 atom stereocenters. The highest BCUT2D eigenvalue weighted by molar-refractivity contribution is 7.88. The van der Waals surface area contributed by atoms with E-state index in [-0.39, 0.29) is 11.9 Å². The minimum Gasteiger partial charge on any atom is -0.495 e. The summed E-state index contributed by atoms with van der Waals surface area (Å²) in [4.78, 5) is 14.7. The van der Waals surface area contributed by atoms with Crippen LogP contribution < -0.4 is 9.46 Å². The predicted molar refractivity (Wildman–Crippen MR) is 94.1 cm³/mol. The number of hydrogen-bond donors (Lipinski definition) is 1. The number of piperidine rings is 1. The Morgan fingerprint density at radius 3 is 2.83 bits per heavy atom. The van der Waals surface area contributed by atoms with Crippen LogP contribution in [0.4, 0.5) is 0 Å². The third kappa shape index (κ3) is 5.09. The van der Waals surface area contributed by atoms with Crippen molar-refractivity contribution in [2.45, 2.75) is 31.7 Å². The monoisotopic (exact) mass is 374 g/mol. The van der Waals surface area contributed by atoms with Gasteiger partial charge in [0.1, 0.15) is 5.75 Å². The highest BCUT2D eigenvalue weighted by Crippen LogP contribution is 2.27. The van der Waals surface area contributed by atoms with Gasteiger partial charge in [-0.1, -0.05) is 11.6 Å². The molecule has 0 aromatic heterocycles. The van der Waals surface area contributed by atoms with Gasteiger partial charge in [-0.2, -0.15) is 0 Å². The molecule has 0 bridgehead atoms. The third-order valence-electron chi connectivity index (χ3n) is 4.13. The van der Waals surface area contributed by atoms with Crippen molar-refractivity contribution in [3.05, 3.63) is 28.8 Å². The Hall–Kier alpha value is -1.31. The van der Waals surface area contributed by atoms with Crippen molar-refractivity contribution < 1.29 is 17.9 Å². The first kappa shape index (κ1) is 19.0. The molecule has 2 rings (SSSR count). The minimum atomic E-state index is -3.21. The van der Waals surface area contributed by atoms with Gasteiger partial charge >= 0.3 is 0 Å². The summed E-state index contributed by atoms with van der Waals surface area (Å²) >= 11 is 6.01. The lowest BCUT2D eigenvalue weighted by atomic mass is 9.98. The summed E-state index contributed by atoms with van der Waals surface area (Å²) in [5.41, 5.74) is 0.527. The lowest BCUT2D eigenvalue weighted by Crippen LogP contribution is -2.45. The summed E-state index contributed by atoms with van der Waals surface area (Å²) < 4.78 is 30.1. The second kappa shape index (κ2) is 8.18. The van der Waals surface area contributed by atoms with Crippen molar-refractivity contribution in [3.8, 4) is 5.75 Å². The number of benzene rings is 1. The number of carbonyl (C=O) groups excluding carboxylic acids is 1. The quantitative estimate of drug-likeness (QED) is 0.828. The molecule has 6 nitrogen and oxygen atoms in total. The lowest BCUT2D eigenvalue weighted by molar-refractivity contribution is 0.0603. The van der Waals surface area contributed by atoms with Crippen LogP contribution in [0.1, 0.15) is 36.0 Å². The van der Waals surface area contributed by atoms with E-state index in [1.807, 2.05) is 4.90 Å². The number of methoxy groups -OCH3 is 1. The van der Waals surface area contributed by atoms with Crippen molar-refractivity contribution in [3.63, 3.8) is 0 Å². The van der Waals surface area contributed by atoms with Crippen LogP contribution in [0.25, 0.3) is 0 Å². The van der Waals surface area contributed by atoms with Gasteiger partial charge in [0, 0.05) is 24.7 Å². The smallest absolute Gasteiger partial charge is 0.254 e. The third-order valence-corrected chi connectivity index (χ3v) is 5.17. The minimum absolute atomic E-state index is 0.0298. The summed E-state index contributed by atoms with van der Waals surface area (Å²) in [7, 11) is -1.70. The molecule has 0 aliphatic carbocycles. The summed E-state index contributed by atoms with van der Waals surface area (Å²) in [5.74, 6) is 0.392. The normalized spacial score (nSPS) is 18.5. The number of ether oxygens (including phenoxy) is 1. The van der Waals surface area contributed by atoms with Gasteiger partial charge in [-0.25, -0.2) is 13.1 Å². The number of sulfonamides is 1. The number of hydrogen-bond acceptors (Lipinski definition) is 4. The zero-order valence-electron chi connectivity index (χ0n) is 13.9. The zero-order valence-corrected chi connectivity index (χ0v) is 15.5. The summed E-state index contributed by atoms with van der Waals surface area (Å²) in [6.07, 6.45) is 4.60. The van der Waals surface area contributed by atoms with Gasteiger partial charge < -0.3 is 9.64 Å². The highest BCUT2D eigenvalue weighted by atomic mass is 35.5. The molecular formula is C16H23ClN2O4S. The van der Waals surface area contributed by atoms with Crippen molar-refractivity contribution in [2.75, 3.05) is 26.5 Å². The van der Waals surface area contributed by atoms with Crippen molar-refractivity contribution in [2.24, 2.45) is 0 Å². The summed E-state index contributed by atoms with van der Waals surface area (Å²) in [5, 5.41) is 0.460. The number of amides is 1. The van der Waals surface area contributed by atoms with Gasteiger partial charge in [0.25, 0.3) is 5.91 Å². The maximum absolute atomic E-state index is 12.8. The number of halogens is 1. The molecule has 134 valence electrons. The average Bonchev–Trinajstić information content (AvgIpc) is 2.54. The molecule has 1 aliphatic heterocycles. The maximum atomic E-state index is 12.8. The van der Waals surface area contributed by atoms with E-state index in [9.17, 15) is 13.2 Å². The van der Waals surface area contributed by atoms with E-state index in [1.54, 1.807) is 18.2 Å². The molecule has 0 radical (unpaired) electrons. The van der Waals surface area contributed by atoms with Crippen molar-refractivity contribution in [1.29, 1.82) is 0 Å². The van der Waals surface area contributed by atoms with Crippen LogP contribution in [-0.2, 0) is 10.0 Å². The second-order valence-electron chi connectivity index (χ2n) is 5.95. The summed E-state index contributed by atoms with van der Waals surface area (Å²) in [6.45, 7) is 1.00. The molecule has 8 heteroatoms. The lowest BCUT2D eigenvalue weighted by Gasteiger charge is -2.36. The Morgan fingerprint density at radius 1 is 1.42 bits per heavy atom. The molecular weight excluding hydrogens is 352 g/mol. The van der Waals surface area contributed by atoms with E-state index in [0.29, 0.717) is 35.8 Å². The van der Waals surface area contributed by atoms with Gasteiger partial charge in [-0.05, 0) is 43.9 Å². The zero-order chi connectivity index (χ0) is 17.7. The van der Waals surface area contributed by atoms with E-state index in [1.165, 1.54) is 7.11 Å². The van der Waals surface area contributed by atoms with Crippen LogP contribution in [-0.4, -0.2) is 51.7 Å². The molecule has 1 aromatic carbocycles. The van der Waals surface area contributed by atoms with Gasteiger partial charge in [0.05, 0.1) is 18.4 Å². The van der Waals surface area contributed by atoms with Crippen LogP contribution in [0.3, 0.4) is 0 Å². The number of nitrogens with zero attached hydrogens (tertiary/aromatic N) is 1. The number of nitrogens with one attached hydrogen (secondary N) is 1. The summed E-state index contributed by atoms with van der Waals surface area (Å²) in [6, 6.07) is 5.01. The van der Waals surface area contributed by atoms with Gasteiger partial charge in [-0.3, -0.25) is 4.79 Å². The fourth-order valence-corrected chi connectivity index (χ4v) is 3.62. The maximum Gasteiger partial charge on any atom is 0.254 e. The number of carbonyl (C=O) groups is 1. The molecule has 0 spiro atoms. The Balaban J connectivity index is 2.10. The Morgan fingerprint density at radius 2 is 2.17 bits per heavy atom. The van der Waals surface area contributed by atoms with E-state index in [2.05, 4.69) is 4.72 Å². The standard InChI is InChI=1S/C16H23ClN2O4S/c1-23-15-11-12(6-7-14(15)17)16(20)19-10-4-3-5-13(19)8-9-18-24(2,21)22/h6-7,11,13,18H,3-5,8-10H2,1-2H3.